The molecule has 0 fully saturated rings. The molecule has 104 valence electrons. The van der Waals surface area contributed by atoms with Gasteiger partial charge in [-0.05, 0) is 26.3 Å². The summed E-state index contributed by atoms with van der Waals surface area (Å²) in [7, 11) is 1.74. The third kappa shape index (κ3) is 4.12. The van der Waals surface area contributed by atoms with Gasteiger partial charge in [-0.15, -0.1) is 0 Å². The minimum atomic E-state index is 0.461. The number of furan rings is 1. The largest absolute Gasteiger partial charge is 0.465 e. The Kier molecular flexibility index (Phi) is 6.39. The minimum absolute atomic E-state index is 0.461. The Morgan fingerprint density at radius 1 is 1.50 bits per heavy atom. The summed E-state index contributed by atoms with van der Waals surface area (Å²) in [6.45, 7) is 9.50. The standard InChI is InChI=1S/C14H26N2O2/c1-5-11(2)16(6-7-17-4)10-13-8-14(9-15)18-12(13)3/h8,11H,5-7,9-10,15H2,1-4H3. The monoisotopic (exact) mass is 254 g/mol. The fraction of sp³-hybridized carbons (Fsp3) is 0.714. The first kappa shape index (κ1) is 15.2. The number of hydrogen-bond acceptors (Lipinski definition) is 4. The van der Waals surface area contributed by atoms with E-state index in [1.54, 1.807) is 7.11 Å². The number of rotatable bonds is 8. The van der Waals surface area contributed by atoms with E-state index in [0.717, 1.165) is 37.6 Å². The highest BCUT2D eigenvalue weighted by Gasteiger charge is 2.15. The average molecular weight is 254 g/mol. The van der Waals surface area contributed by atoms with Crippen molar-refractivity contribution in [3.05, 3.63) is 23.2 Å². The van der Waals surface area contributed by atoms with Crippen molar-refractivity contribution in [1.82, 2.24) is 4.90 Å². The molecule has 0 aliphatic rings. The number of ether oxygens (including phenoxy) is 1. The van der Waals surface area contributed by atoms with Crippen molar-refractivity contribution in [3.63, 3.8) is 0 Å². The smallest absolute Gasteiger partial charge is 0.118 e. The van der Waals surface area contributed by atoms with Crippen molar-refractivity contribution in [2.24, 2.45) is 5.73 Å². The van der Waals surface area contributed by atoms with Crippen molar-refractivity contribution in [3.8, 4) is 0 Å². The van der Waals surface area contributed by atoms with Crippen LogP contribution in [0.5, 0.6) is 0 Å². The van der Waals surface area contributed by atoms with Crippen molar-refractivity contribution < 1.29 is 9.15 Å². The molecule has 1 heterocycles. The Morgan fingerprint density at radius 3 is 2.72 bits per heavy atom. The molecule has 0 aliphatic heterocycles. The lowest BCUT2D eigenvalue weighted by Gasteiger charge is -2.27. The topological polar surface area (TPSA) is 51.6 Å². The third-order valence-corrected chi connectivity index (χ3v) is 3.44. The predicted octanol–water partition coefficient (Wildman–Crippen LogP) is 2.29. The SMILES string of the molecule is CCC(C)N(CCOC)Cc1cc(CN)oc1C. The Hall–Kier alpha value is -0.840. The second-order valence-electron chi connectivity index (χ2n) is 4.72. The summed E-state index contributed by atoms with van der Waals surface area (Å²) >= 11 is 0. The second kappa shape index (κ2) is 7.56. The highest BCUT2D eigenvalue weighted by Crippen LogP contribution is 2.18. The predicted molar refractivity (Wildman–Crippen MR) is 73.4 cm³/mol. The Bertz CT molecular complexity index is 350. The van der Waals surface area contributed by atoms with Crippen molar-refractivity contribution in [1.29, 1.82) is 0 Å². The van der Waals surface area contributed by atoms with E-state index in [4.69, 9.17) is 14.9 Å². The Labute approximate surface area is 110 Å². The summed E-state index contributed by atoms with van der Waals surface area (Å²) in [4.78, 5) is 2.42. The van der Waals surface area contributed by atoms with Crippen LogP contribution < -0.4 is 5.73 Å². The van der Waals surface area contributed by atoms with Gasteiger partial charge in [0, 0.05) is 31.8 Å². The molecule has 0 aromatic carbocycles. The van der Waals surface area contributed by atoms with Gasteiger partial charge in [0.05, 0.1) is 13.2 Å². The molecule has 0 spiro atoms. The molecule has 0 radical (unpaired) electrons. The van der Waals surface area contributed by atoms with Crippen LogP contribution in [-0.4, -0.2) is 31.2 Å². The van der Waals surface area contributed by atoms with Gasteiger partial charge < -0.3 is 14.9 Å². The van der Waals surface area contributed by atoms with Crippen molar-refractivity contribution in [2.45, 2.75) is 46.3 Å². The van der Waals surface area contributed by atoms with Gasteiger partial charge in [0.25, 0.3) is 0 Å². The van der Waals surface area contributed by atoms with Gasteiger partial charge in [0.1, 0.15) is 11.5 Å². The summed E-state index contributed by atoms with van der Waals surface area (Å²) in [6.07, 6.45) is 1.13. The zero-order valence-electron chi connectivity index (χ0n) is 12.0. The maximum absolute atomic E-state index is 5.60. The molecule has 0 amide bonds. The van der Waals surface area contributed by atoms with Crippen LogP contribution in [0.2, 0.25) is 0 Å². The van der Waals surface area contributed by atoms with E-state index in [2.05, 4.69) is 24.8 Å². The Morgan fingerprint density at radius 2 is 2.22 bits per heavy atom. The number of methoxy groups -OCH3 is 1. The molecule has 2 N–H and O–H groups in total. The van der Waals surface area contributed by atoms with E-state index in [-0.39, 0.29) is 0 Å². The van der Waals surface area contributed by atoms with Gasteiger partial charge in [-0.25, -0.2) is 0 Å². The fourth-order valence-electron chi connectivity index (χ4n) is 1.99. The molecule has 1 unspecified atom stereocenters. The van der Waals surface area contributed by atoms with E-state index >= 15 is 0 Å². The van der Waals surface area contributed by atoms with Crippen LogP contribution in [0.15, 0.2) is 10.5 Å². The number of nitrogens with zero attached hydrogens (tertiary/aromatic N) is 1. The lowest BCUT2D eigenvalue weighted by Crippen LogP contribution is -2.34. The Balaban J connectivity index is 2.71. The molecular formula is C14H26N2O2. The lowest BCUT2D eigenvalue weighted by atomic mass is 10.1. The zero-order valence-corrected chi connectivity index (χ0v) is 12.0. The molecule has 0 bridgehead atoms. The molecule has 18 heavy (non-hydrogen) atoms. The lowest BCUT2D eigenvalue weighted by molar-refractivity contribution is 0.117. The molecule has 1 aromatic heterocycles. The highest BCUT2D eigenvalue weighted by atomic mass is 16.5. The first-order chi connectivity index (χ1) is 8.62. The van der Waals surface area contributed by atoms with Crippen LogP contribution in [-0.2, 0) is 17.8 Å². The zero-order chi connectivity index (χ0) is 13.5. The fourth-order valence-corrected chi connectivity index (χ4v) is 1.99. The molecule has 1 atom stereocenters. The van der Waals surface area contributed by atoms with Gasteiger partial charge in [-0.1, -0.05) is 6.92 Å². The quantitative estimate of drug-likeness (QED) is 0.773. The molecule has 1 rings (SSSR count). The maximum atomic E-state index is 5.60. The van der Waals surface area contributed by atoms with Crippen LogP contribution in [0.25, 0.3) is 0 Å². The molecule has 0 saturated carbocycles. The normalized spacial score (nSPS) is 13.2. The first-order valence-corrected chi connectivity index (χ1v) is 6.63. The van der Waals surface area contributed by atoms with Crippen LogP contribution >= 0.6 is 0 Å². The third-order valence-electron chi connectivity index (χ3n) is 3.44. The van der Waals surface area contributed by atoms with Gasteiger partial charge >= 0.3 is 0 Å². The summed E-state index contributed by atoms with van der Waals surface area (Å²) in [5.74, 6) is 1.83. The van der Waals surface area contributed by atoms with Crippen LogP contribution in [0.4, 0.5) is 0 Å². The average Bonchev–Trinajstić information content (AvgIpc) is 2.74. The molecule has 1 aromatic rings. The maximum Gasteiger partial charge on any atom is 0.118 e. The van der Waals surface area contributed by atoms with E-state index in [1.807, 2.05) is 6.92 Å². The highest BCUT2D eigenvalue weighted by molar-refractivity contribution is 5.20. The summed E-state index contributed by atoms with van der Waals surface area (Å²) in [5.41, 5.74) is 6.83. The van der Waals surface area contributed by atoms with E-state index in [9.17, 15) is 0 Å². The van der Waals surface area contributed by atoms with Crippen LogP contribution in [0.1, 0.15) is 37.4 Å². The molecule has 4 heteroatoms. The van der Waals surface area contributed by atoms with Crippen molar-refractivity contribution >= 4 is 0 Å². The molecular weight excluding hydrogens is 228 g/mol. The van der Waals surface area contributed by atoms with Crippen LogP contribution in [0, 0.1) is 6.92 Å². The molecule has 0 saturated heterocycles. The van der Waals surface area contributed by atoms with Gasteiger partial charge in [0.15, 0.2) is 0 Å². The summed E-state index contributed by atoms with van der Waals surface area (Å²) in [5, 5.41) is 0. The minimum Gasteiger partial charge on any atom is -0.465 e. The summed E-state index contributed by atoms with van der Waals surface area (Å²) in [6, 6.07) is 2.60. The van der Waals surface area contributed by atoms with Gasteiger partial charge in [-0.3, -0.25) is 4.90 Å². The van der Waals surface area contributed by atoms with E-state index < -0.39 is 0 Å². The molecule has 0 aliphatic carbocycles. The molecule has 4 nitrogen and oxygen atoms in total. The first-order valence-electron chi connectivity index (χ1n) is 6.63. The summed E-state index contributed by atoms with van der Waals surface area (Å²) < 4.78 is 10.8. The van der Waals surface area contributed by atoms with Crippen LogP contribution in [0.3, 0.4) is 0 Å². The number of nitrogens with two attached hydrogens (primary N) is 1. The second-order valence-corrected chi connectivity index (χ2v) is 4.72. The van der Waals surface area contributed by atoms with E-state index in [1.165, 1.54) is 5.56 Å². The number of hydrogen-bond donors (Lipinski definition) is 1. The number of aryl methyl sites for hydroxylation is 1. The van der Waals surface area contributed by atoms with E-state index in [0.29, 0.717) is 12.6 Å². The van der Waals surface area contributed by atoms with Crippen molar-refractivity contribution in [2.75, 3.05) is 20.3 Å². The van der Waals surface area contributed by atoms with Gasteiger partial charge in [-0.2, -0.15) is 0 Å². The van der Waals surface area contributed by atoms with Gasteiger partial charge in [0.2, 0.25) is 0 Å².